The summed E-state index contributed by atoms with van der Waals surface area (Å²) in [6, 6.07) is 0. The SMILES string of the molecule is CC(O)/C=C/[C@H]1[C@@]2(C)C[C@@H](O[C@H]3O[C@@H](CO)[C@H](O)[C@@H](O)[C@@H]3O)C[C@]1(C)OC2=O. The van der Waals surface area contributed by atoms with Gasteiger partial charge in [-0.1, -0.05) is 12.2 Å². The zero-order chi connectivity index (χ0) is 20.9. The minimum absolute atomic E-state index is 0.253. The smallest absolute Gasteiger partial charge is 0.313 e. The van der Waals surface area contributed by atoms with Gasteiger partial charge in [-0.2, -0.15) is 0 Å². The maximum absolute atomic E-state index is 12.6. The zero-order valence-electron chi connectivity index (χ0n) is 16.3. The predicted octanol–water partition coefficient (Wildman–Crippen LogP) is -1.16. The molecule has 3 rings (SSSR count). The average molecular weight is 402 g/mol. The molecule has 3 aliphatic rings. The average Bonchev–Trinajstić information content (AvgIpc) is 2.71. The zero-order valence-corrected chi connectivity index (χ0v) is 16.3. The third-order valence-corrected chi connectivity index (χ3v) is 6.18. The Labute approximate surface area is 163 Å². The van der Waals surface area contributed by atoms with E-state index in [2.05, 4.69) is 0 Å². The molecule has 1 unspecified atom stereocenters. The predicted molar refractivity (Wildman–Crippen MR) is 94.8 cm³/mol. The van der Waals surface area contributed by atoms with Crippen LogP contribution in [0, 0.1) is 11.3 Å². The van der Waals surface area contributed by atoms with Gasteiger partial charge >= 0.3 is 5.97 Å². The highest BCUT2D eigenvalue weighted by atomic mass is 16.7. The van der Waals surface area contributed by atoms with Crippen LogP contribution in [-0.2, 0) is 19.0 Å². The van der Waals surface area contributed by atoms with Gasteiger partial charge in [-0.15, -0.1) is 0 Å². The summed E-state index contributed by atoms with van der Waals surface area (Å²) in [4.78, 5) is 12.6. The van der Waals surface area contributed by atoms with Crippen LogP contribution in [-0.4, -0.2) is 86.6 Å². The van der Waals surface area contributed by atoms with Crippen molar-refractivity contribution in [2.45, 2.75) is 82.1 Å². The van der Waals surface area contributed by atoms with Crippen LogP contribution in [0.25, 0.3) is 0 Å². The molecular formula is C19H30O9. The molecule has 5 N–H and O–H groups in total. The lowest BCUT2D eigenvalue weighted by molar-refractivity contribution is -0.316. The Morgan fingerprint density at radius 1 is 1.21 bits per heavy atom. The van der Waals surface area contributed by atoms with Crippen LogP contribution >= 0.6 is 0 Å². The molecule has 3 fully saturated rings. The second kappa shape index (κ2) is 7.64. The lowest BCUT2D eigenvalue weighted by atomic mass is 9.62. The number of fused-ring (bicyclic) bond motifs is 2. The summed E-state index contributed by atoms with van der Waals surface area (Å²) in [6.45, 7) is 4.66. The number of esters is 1. The molecule has 2 bridgehead atoms. The number of hydrogen-bond donors (Lipinski definition) is 5. The molecule has 9 heteroatoms. The fourth-order valence-electron chi connectivity index (χ4n) is 4.72. The van der Waals surface area contributed by atoms with E-state index in [1.807, 2.05) is 0 Å². The third kappa shape index (κ3) is 3.60. The van der Waals surface area contributed by atoms with Crippen molar-refractivity contribution in [3.05, 3.63) is 12.2 Å². The van der Waals surface area contributed by atoms with Gasteiger partial charge in [0.15, 0.2) is 6.29 Å². The Morgan fingerprint density at radius 3 is 2.46 bits per heavy atom. The van der Waals surface area contributed by atoms with Gasteiger partial charge in [-0.3, -0.25) is 4.79 Å². The van der Waals surface area contributed by atoms with Crippen LogP contribution in [0.4, 0.5) is 0 Å². The van der Waals surface area contributed by atoms with Crippen molar-refractivity contribution in [1.82, 2.24) is 0 Å². The van der Waals surface area contributed by atoms with E-state index in [4.69, 9.17) is 14.2 Å². The van der Waals surface area contributed by atoms with Crippen LogP contribution in [0.3, 0.4) is 0 Å². The monoisotopic (exact) mass is 402 g/mol. The second-order valence-corrected chi connectivity index (χ2v) is 8.59. The molecule has 0 radical (unpaired) electrons. The molecule has 160 valence electrons. The van der Waals surface area contributed by atoms with E-state index in [0.29, 0.717) is 12.8 Å². The molecule has 9 nitrogen and oxygen atoms in total. The molecule has 0 aromatic heterocycles. The fourth-order valence-corrected chi connectivity index (χ4v) is 4.72. The van der Waals surface area contributed by atoms with Gasteiger partial charge in [0.1, 0.15) is 30.0 Å². The Bertz CT molecular complexity index is 621. The van der Waals surface area contributed by atoms with E-state index >= 15 is 0 Å². The maximum atomic E-state index is 12.6. The first kappa shape index (κ1) is 21.6. The minimum Gasteiger partial charge on any atom is -0.458 e. The summed E-state index contributed by atoms with van der Waals surface area (Å²) in [5, 5.41) is 48.9. The summed E-state index contributed by atoms with van der Waals surface area (Å²) in [5.74, 6) is -0.605. The molecule has 0 amide bonds. The van der Waals surface area contributed by atoms with Gasteiger partial charge in [0.25, 0.3) is 0 Å². The van der Waals surface area contributed by atoms with E-state index < -0.39 is 60.5 Å². The van der Waals surface area contributed by atoms with Gasteiger partial charge < -0.3 is 39.7 Å². The van der Waals surface area contributed by atoms with Gasteiger partial charge in [0.05, 0.1) is 24.2 Å². The molecule has 0 aromatic carbocycles. The quantitative estimate of drug-likeness (QED) is 0.284. The van der Waals surface area contributed by atoms with Crippen molar-refractivity contribution in [3.63, 3.8) is 0 Å². The summed E-state index contributed by atoms with van der Waals surface area (Å²) >= 11 is 0. The van der Waals surface area contributed by atoms with Gasteiger partial charge in [0.2, 0.25) is 0 Å². The maximum Gasteiger partial charge on any atom is 0.313 e. The molecule has 2 saturated heterocycles. The highest BCUT2D eigenvalue weighted by Gasteiger charge is 2.64. The Balaban J connectivity index is 1.77. The molecule has 1 aliphatic carbocycles. The van der Waals surface area contributed by atoms with Crippen molar-refractivity contribution in [1.29, 1.82) is 0 Å². The normalized spacial score (nSPS) is 50.0. The van der Waals surface area contributed by atoms with Crippen LogP contribution in [0.2, 0.25) is 0 Å². The van der Waals surface area contributed by atoms with Gasteiger partial charge in [0, 0.05) is 12.3 Å². The van der Waals surface area contributed by atoms with Crippen LogP contribution in [0.5, 0.6) is 0 Å². The Kier molecular flexibility index (Phi) is 5.90. The number of hydrogen-bond acceptors (Lipinski definition) is 9. The Morgan fingerprint density at radius 2 is 1.89 bits per heavy atom. The number of carbonyl (C=O) groups is 1. The van der Waals surface area contributed by atoms with Crippen molar-refractivity contribution in [2.24, 2.45) is 11.3 Å². The van der Waals surface area contributed by atoms with E-state index in [-0.39, 0.29) is 11.9 Å². The Hall–Kier alpha value is -1.07. The molecular weight excluding hydrogens is 372 g/mol. The number of rotatable bonds is 5. The van der Waals surface area contributed by atoms with Crippen LogP contribution in [0.1, 0.15) is 33.6 Å². The van der Waals surface area contributed by atoms with Crippen molar-refractivity contribution in [2.75, 3.05) is 6.61 Å². The van der Waals surface area contributed by atoms with E-state index in [9.17, 15) is 30.3 Å². The molecule has 0 aromatic rings. The fraction of sp³-hybridized carbons (Fsp3) is 0.842. The highest BCUT2D eigenvalue weighted by Crippen LogP contribution is 2.56. The minimum atomic E-state index is -1.53. The molecule has 1 saturated carbocycles. The van der Waals surface area contributed by atoms with Crippen LogP contribution < -0.4 is 0 Å². The summed E-state index contributed by atoms with van der Waals surface area (Å²) < 4.78 is 16.9. The van der Waals surface area contributed by atoms with Crippen molar-refractivity contribution >= 4 is 5.97 Å². The first-order chi connectivity index (χ1) is 13.0. The van der Waals surface area contributed by atoms with Gasteiger partial charge in [-0.05, 0) is 27.2 Å². The standard InChI is InChI=1S/C19H30O9/c1-9(21)4-5-12-18(2)6-10(7-19(12,3)28-17(18)25)26-16-15(24)14(23)13(22)11(8-20)27-16/h4-5,9-16,20-24H,6-8H2,1-3H3/b5-4+/t9?,10-,11+,12+,13+,14-,15+,16+,18-,19+/m1/s1. The number of aliphatic hydroxyl groups is 5. The van der Waals surface area contributed by atoms with E-state index in [1.165, 1.54) is 0 Å². The summed E-state index contributed by atoms with van der Waals surface area (Å²) in [7, 11) is 0. The van der Waals surface area contributed by atoms with Gasteiger partial charge in [-0.25, -0.2) is 0 Å². The topological polar surface area (TPSA) is 146 Å². The molecule has 2 aliphatic heterocycles. The first-order valence-electron chi connectivity index (χ1n) is 9.57. The lowest BCUT2D eigenvalue weighted by Gasteiger charge is -2.45. The van der Waals surface area contributed by atoms with E-state index in [0.717, 1.165) is 0 Å². The third-order valence-electron chi connectivity index (χ3n) is 6.18. The molecule has 0 spiro atoms. The number of carbonyl (C=O) groups excluding carboxylic acids is 1. The van der Waals surface area contributed by atoms with E-state index in [1.54, 1.807) is 32.9 Å². The number of aliphatic hydroxyl groups excluding tert-OH is 5. The summed E-state index contributed by atoms with van der Waals surface area (Å²) in [6.07, 6.45) is -3.91. The molecule has 2 heterocycles. The van der Waals surface area contributed by atoms with Crippen molar-refractivity contribution < 1.29 is 44.5 Å². The first-order valence-corrected chi connectivity index (χ1v) is 9.57. The summed E-state index contributed by atoms with van der Waals surface area (Å²) in [5.41, 5.74) is -1.73. The largest absolute Gasteiger partial charge is 0.458 e. The number of ether oxygens (including phenoxy) is 3. The second-order valence-electron chi connectivity index (χ2n) is 8.59. The molecule has 28 heavy (non-hydrogen) atoms. The molecule has 10 atom stereocenters. The lowest BCUT2D eigenvalue weighted by Crippen LogP contribution is -2.60. The van der Waals surface area contributed by atoms with Crippen molar-refractivity contribution in [3.8, 4) is 0 Å². The van der Waals surface area contributed by atoms with Crippen LogP contribution in [0.15, 0.2) is 12.2 Å². The highest BCUT2D eigenvalue weighted by molar-refractivity contribution is 5.81.